The molecule has 4 N–H and O–H groups in total. The van der Waals surface area contributed by atoms with Gasteiger partial charge < -0.3 is 15.5 Å². The zero-order chi connectivity index (χ0) is 16.0. The molecule has 9 heteroatoms. The van der Waals surface area contributed by atoms with Gasteiger partial charge in [-0.1, -0.05) is 0 Å². The number of benzene rings is 1. The number of rotatable bonds is 7. The molecule has 116 valence electrons. The number of hydrogen-bond acceptors (Lipinski definition) is 5. The molecule has 1 amide bonds. The fourth-order valence-electron chi connectivity index (χ4n) is 1.53. The van der Waals surface area contributed by atoms with Crippen molar-refractivity contribution >= 4 is 27.6 Å². The third-order valence-electron chi connectivity index (χ3n) is 2.47. The van der Waals surface area contributed by atoms with Crippen LogP contribution in [-0.2, 0) is 14.8 Å². The average molecular weight is 316 g/mol. The van der Waals surface area contributed by atoms with Gasteiger partial charge in [0.15, 0.2) is 0 Å². The second-order valence-corrected chi connectivity index (χ2v) is 6.08. The summed E-state index contributed by atoms with van der Waals surface area (Å²) >= 11 is 0. The maximum absolute atomic E-state index is 11.8. The Balaban J connectivity index is 2.77. The van der Waals surface area contributed by atoms with Crippen molar-refractivity contribution in [3.63, 3.8) is 0 Å². The van der Waals surface area contributed by atoms with E-state index in [0.29, 0.717) is 5.69 Å². The van der Waals surface area contributed by atoms with Gasteiger partial charge in [0.2, 0.25) is 10.0 Å². The maximum Gasteiger partial charge on any atom is 0.326 e. The van der Waals surface area contributed by atoms with Crippen LogP contribution in [0.15, 0.2) is 24.3 Å². The predicted molar refractivity (Wildman–Crippen MR) is 75.5 cm³/mol. The van der Waals surface area contributed by atoms with Gasteiger partial charge >= 0.3 is 5.97 Å². The van der Waals surface area contributed by atoms with Gasteiger partial charge in [-0.25, -0.2) is 13.2 Å². The number of aliphatic hydroxyl groups excluding tert-OH is 1. The molecule has 0 spiro atoms. The smallest absolute Gasteiger partial charge is 0.326 e. The Bertz CT molecular complexity index is 611. The number of sulfonamides is 1. The van der Waals surface area contributed by atoms with Crippen molar-refractivity contribution in [2.45, 2.75) is 12.5 Å². The van der Waals surface area contributed by atoms with Crippen molar-refractivity contribution < 1.29 is 28.2 Å². The number of aliphatic hydroxyl groups is 1. The summed E-state index contributed by atoms with van der Waals surface area (Å²) in [7, 11) is -3.40. The molecule has 0 radical (unpaired) electrons. The van der Waals surface area contributed by atoms with Crippen LogP contribution in [0.4, 0.5) is 5.69 Å². The van der Waals surface area contributed by atoms with E-state index < -0.39 is 27.9 Å². The summed E-state index contributed by atoms with van der Waals surface area (Å²) < 4.78 is 24.3. The number of amides is 1. The van der Waals surface area contributed by atoms with E-state index in [1.165, 1.54) is 24.3 Å². The largest absolute Gasteiger partial charge is 0.480 e. The summed E-state index contributed by atoms with van der Waals surface area (Å²) in [4.78, 5) is 22.7. The minimum Gasteiger partial charge on any atom is -0.480 e. The van der Waals surface area contributed by atoms with E-state index in [9.17, 15) is 18.0 Å². The van der Waals surface area contributed by atoms with E-state index in [0.717, 1.165) is 6.26 Å². The zero-order valence-electron chi connectivity index (χ0n) is 11.2. The minimum absolute atomic E-state index is 0.102. The number of carbonyl (C=O) groups excluding carboxylic acids is 1. The first-order valence-electron chi connectivity index (χ1n) is 5.95. The van der Waals surface area contributed by atoms with Crippen molar-refractivity contribution in [3.8, 4) is 0 Å². The van der Waals surface area contributed by atoms with Gasteiger partial charge in [-0.3, -0.25) is 9.52 Å². The number of hydrogen-bond donors (Lipinski definition) is 4. The Morgan fingerprint density at radius 2 is 1.81 bits per heavy atom. The molecule has 1 unspecified atom stereocenters. The second kappa shape index (κ2) is 7.04. The summed E-state index contributed by atoms with van der Waals surface area (Å²) in [5.41, 5.74) is 0.470. The fourth-order valence-corrected chi connectivity index (χ4v) is 2.10. The first-order valence-corrected chi connectivity index (χ1v) is 7.84. The molecule has 0 bridgehead atoms. The number of nitrogens with one attached hydrogen (secondary N) is 2. The molecule has 0 saturated heterocycles. The number of aliphatic carboxylic acids is 1. The van der Waals surface area contributed by atoms with Crippen molar-refractivity contribution in [2.24, 2.45) is 0 Å². The van der Waals surface area contributed by atoms with Gasteiger partial charge in [-0.2, -0.15) is 0 Å². The molecule has 0 heterocycles. The highest BCUT2D eigenvalue weighted by atomic mass is 32.2. The van der Waals surface area contributed by atoms with E-state index in [2.05, 4.69) is 10.0 Å². The molecule has 0 aromatic heterocycles. The standard InChI is InChI=1S/C12H16N2O6S/c1-21(19,20)14-9-4-2-8(3-5-9)11(16)13-10(6-7-15)12(17)18/h2-5,10,14-15H,6-7H2,1H3,(H,13,16)(H,17,18). The molecule has 0 aliphatic rings. The molecule has 1 aromatic rings. The quantitative estimate of drug-likeness (QED) is 0.542. The normalized spacial score (nSPS) is 12.5. The van der Waals surface area contributed by atoms with E-state index in [1.54, 1.807) is 0 Å². The first kappa shape index (κ1) is 16.9. The molecule has 1 aromatic carbocycles. The van der Waals surface area contributed by atoms with Crippen LogP contribution < -0.4 is 10.0 Å². The molecule has 1 rings (SSSR count). The molecule has 8 nitrogen and oxygen atoms in total. The lowest BCUT2D eigenvalue weighted by Crippen LogP contribution is -2.41. The molecule has 0 fully saturated rings. The Kier molecular flexibility index (Phi) is 5.68. The van der Waals surface area contributed by atoms with Crippen LogP contribution in [0.25, 0.3) is 0 Å². The molecular weight excluding hydrogens is 300 g/mol. The van der Waals surface area contributed by atoms with Crippen LogP contribution in [0.3, 0.4) is 0 Å². The predicted octanol–water partition coefficient (Wildman–Crippen LogP) is -0.377. The highest BCUT2D eigenvalue weighted by Crippen LogP contribution is 2.11. The van der Waals surface area contributed by atoms with Gasteiger partial charge in [0.1, 0.15) is 6.04 Å². The maximum atomic E-state index is 11.8. The lowest BCUT2D eigenvalue weighted by Gasteiger charge is -2.13. The van der Waals surface area contributed by atoms with Crippen LogP contribution in [0.5, 0.6) is 0 Å². The number of carboxylic acid groups (broad SMARTS) is 1. The number of carboxylic acids is 1. The van der Waals surface area contributed by atoms with E-state index in [1.807, 2.05) is 0 Å². The Morgan fingerprint density at radius 1 is 1.24 bits per heavy atom. The van der Waals surface area contributed by atoms with Crippen LogP contribution in [0, 0.1) is 0 Å². The van der Waals surface area contributed by atoms with Crippen molar-refractivity contribution in [1.82, 2.24) is 5.32 Å². The van der Waals surface area contributed by atoms with E-state index >= 15 is 0 Å². The summed E-state index contributed by atoms with van der Waals surface area (Å²) in [6, 6.07) is 4.31. The van der Waals surface area contributed by atoms with E-state index in [4.69, 9.17) is 10.2 Å². The highest BCUT2D eigenvalue weighted by molar-refractivity contribution is 7.92. The summed E-state index contributed by atoms with van der Waals surface area (Å²) in [6.07, 6.45) is 0.898. The first-order chi connectivity index (χ1) is 9.73. The Hall–Kier alpha value is -2.13. The topological polar surface area (TPSA) is 133 Å². The summed E-state index contributed by atoms with van der Waals surface area (Å²) in [5.74, 6) is -1.87. The SMILES string of the molecule is CS(=O)(=O)Nc1ccc(C(=O)NC(CCO)C(=O)O)cc1. The van der Waals surface area contributed by atoms with Gasteiger partial charge in [-0.15, -0.1) is 0 Å². The Labute approximate surface area is 121 Å². The average Bonchev–Trinajstić information content (AvgIpc) is 2.36. The monoisotopic (exact) mass is 316 g/mol. The lowest BCUT2D eigenvalue weighted by atomic mass is 10.1. The van der Waals surface area contributed by atoms with Gasteiger partial charge in [0.25, 0.3) is 5.91 Å². The fraction of sp³-hybridized carbons (Fsp3) is 0.333. The second-order valence-electron chi connectivity index (χ2n) is 4.33. The lowest BCUT2D eigenvalue weighted by molar-refractivity contribution is -0.139. The number of anilines is 1. The van der Waals surface area contributed by atoms with Gasteiger partial charge in [-0.05, 0) is 24.3 Å². The molecule has 0 aliphatic carbocycles. The third-order valence-corrected chi connectivity index (χ3v) is 3.08. The van der Waals surface area contributed by atoms with E-state index in [-0.39, 0.29) is 18.6 Å². The Morgan fingerprint density at radius 3 is 2.24 bits per heavy atom. The third kappa shape index (κ3) is 5.79. The minimum atomic E-state index is -3.40. The van der Waals surface area contributed by atoms with Crippen molar-refractivity contribution in [1.29, 1.82) is 0 Å². The molecule has 0 aliphatic heterocycles. The summed E-state index contributed by atoms with van der Waals surface area (Å²) in [5, 5.41) is 19.9. The molecule has 1 atom stereocenters. The molecular formula is C12H16N2O6S. The number of carbonyl (C=O) groups is 2. The van der Waals surface area contributed by atoms with Crippen molar-refractivity contribution in [2.75, 3.05) is 17.6 Å². The van der Waals surface area contributed by atoms with Crippen molar-refractivity contribution in [3.05, 3.63) is 29.8 Å². The van der Waals surface area contributed by atoms with Crippen LogP contribution in [0.2, 0.25) is 0 Å². The highest BCUT2D eigenvalue weighted by Gasteiger charge is 2.19. The van der Waals surface area contributed by atoms with Crippen LogP contribution in [-0.4, -0.2) is 49.4 Å². The van der Waals surface area contributed by atoms with Crippen LogP contribution in [0.1, 0.15) is 16.8 Å². The molecule has 0 saturated carbocycles. The van der Waals surface area contributed by atoms with Gasteiger partial charge in [0.05, 0.1) is 6.26 Å². The summed E-state index contributed by atoms with van der Waals surface area (Å²) in [6.45, 7) is -0.367. The van der Waals surface area contributed by atoms with Crippen LogP contribution >= 0.6 is 0 Å². The van der Waals surface area contributed by atoms with Gasteiger partial charge in [0, 0.05) is 24.3 Å². The zero-order valence-corrected chi connectivity index (χ0v) is 12.1. The molecule has 21 heavy (non-hydrogen) atoms.